The zero-order valence-corrected chi connectivity index (χ0v) is 17.0. The van der Waals surface area contributed by atoms with Gasteiger partial charge in [0, 0.05) is 39.8 Å². The predicted octanol–water partition coefficient (Wildman–Crippen LogP) is 1.55. The Morgan fingerprint density at radius 1 is 1.31 bits per heavy atom. The van der Waals surface area contributed by atoms with Crippen LogP contribution in [0.5, 0.6) is 0 Å². The molecule has 2 aliphatic rings. The van der Waals surface area contributed by atoms with Crippen molar-refractivity contribution in [2.24, 2.45) is 7.05 Å². The Morgan fingerprint density at radius 3 is 2.58 bits per heavy atom. The van der Waals surface area contributed by atoms with Gasteiger partial charge >= 0.3 is 0 Å². The largest absolute Gasteiger partial charge is 0.372 e. The summed E-state index contributed by atoms with van der Waals surface area (Å²) in [6.07, 6.45) is 5.16. The number of piperidine rings is 1. The van der Waals surface area contributed by atoms with E-state index in [1.165, 1.54) is 11.8 Å². The van der Waals surface area contributed by atoms with Crippen LogP contribution in [0.25, 0.3) is 0 Å². The molecule has 7 nitrogen and oxygen atoms in total. The van der Waals surface area contributed by atoms with E-state index in [-0.39, 0.29) is 5.60 Å². The fourth-order valence-electron chi connectivity index (χ4n) is 3.70. The Morgan fingerprint density at radius 2 is 2.00 bits per heavy atom. The van der Waals surface area contributed by atoms with Crippen LogP contribution in [0.15, 0.2) is 22.7 Å². The Labute approximate surface area is 156 Å². The second kappa shape index (κ2) is 7.42. The number of hydrogen-bond donors (Lipinski definition) is 0. The van der Waals surface area contributed by atoms with Gasteiger partial charge in [0.25, 0.3) is 0 Å². The minimum Gasteiger partial charge on any atom is -0.372 e. The van der Waals surface area contributed by atoms with Gasteiger partial charge in [-0.25, -0.2) is 8.42 Å². The highest BCUT2D eigenvalue weighted by atomic mass is 32.2. The molecule has 2 saturated heterocycles. The average molecular weight is 383 g/mol. The van der Waals surface area contributed by atoms with Crippen molar-refractivity contribution in [3.05, 3.63) is 23.5 Å². The lowest BCUT2D eigenvalue weighted by Crippen LogP contribution is -2.57. The first-order chi connectivity index (χ1) is 12.2. The van der Waals surface area contributed by atoms with Crippen molar-refractivity contribution >= 4 is 10.0 Å². The molecule has 0 unspecified atom stereocenters. The summed E-state index contributed by atoms with van der Waals surface area (Å²) in [5.74, 6) is 0. The van der Waals surface area contributed by atoms with Crippen molar-refractivity contribution < 1.29 is 13.2 Å². The summed E-state index contributed by atoms with van der Waals surface area (Å²) < 4.78 is 35.2. The number of allylic oxidation sites excluding steroid dienone is 1. The zero-order chi connectivity index (χ0) is 18.9. The maximum Gasteiger partial charge on any atom is 0.246 e. The van der Waals surface area contributed by atoms with E-state index in [0.29, 0.717) is 30.3 Å². The molecular weight excluding hydrogens is 352 g/mol. The van der Waals surface area contributed by atoms with Crippen LogP contribution in [-0.4, -0.2) is 72.3 Å². The Balaban J connectivity index is 1.67. The molecule has 1 spiro atoms. The van der Waals surface area contributed by atoms with Gasteiger partial charge in [0.15, 0.2) is 0 Å². The minimum atomic E-state index is -3.49. The highest BCUT2D eigenvalue weighted by molar-refractivity contribution is 7.89. The molecule has 0 aliphatic carbocycles. The maximum atomic E-state index is 12.9. The highest BCUT2D eigenvalue weighted by Gasteiger charge is 2.42. The monoisotopic (exact) mass is 382 g/mol. The summed E-state index contributed by atoms with van der Waals surface area (Å²) in [5.41, 5.74) is 1.77. The number of hydrogen-bond acceptors (Lipinski definition) is 5. The Hall–Kier alpha value is -1.22. The topological polar surface area (TPSA) is 67.7 Å². The van der Waals surface area contributed by atoms with Crippen LogP contribution >= 0.6 is 0 Å². The molecule has 26 heavy (non-hydrogen) atoms. The van der Waals surface area contributed by atoms with Crippen LogP contribution in [0, 0.1) is 6.92 Å². The standard InChI is InChI=1S/C18H30N4O3S/c1-15(2)5-8-21-11-12-25-18(14-21)6-9-22(10-7-18)26(23,24)17-13-19-20(4)16(17)3/h5,13H,6-12,14H2,1-4H3. The molecule has 1 aromatic rings. The van der Waals surface area contributed by atoms with Crippen LogP contribution in [0.3, 0.4) is 0 Å². The van der Waals surface area contributed by atoms with Crippen molar-refractivity contribution in [3.63, 3.8) is 0 Å². The summed E-state index contributed by atoms with van der Waals surface area (Å²) >= 11 is 0. The third-order valence-electron chi connectivity index (χ3n) is 5.53. The van der Waals surface area contributed by atoms with E-state index in [4.69, 9.17) is 4.74 Å². The van der Waals surface area contributed by atoms with E-state index in [1.807, 2.05) is 0 Å². The number of sulfonamides is 1. The van der Waals surface area contributed by atoms with E-state index in [9.17, 15) is 8.42 Å². The molecule has 3 rings (SSSR count). The second-order valence-electron chi connectivity index (χ2n) is 7.67. The van der Waals surface area contributed by atoms with Crippen LogP contribution in [0.2, 0.25) is 0 Å². The Kier molecular flexibility index (Phi) is 5.58. The molecular formula is C18H30N4O3S. The number of morpholine rings is 1. The zero-order valence-electron chi connectivity index (χ0n) is 16.2. The van der Waals surface area contributed by atoms with Crippen LogP contribution < -0.4 is 0 Å². The van der Waals surface area contributed by atoms with Crippen molar-refractivity contribution in [2.75, 3.05) is 39.3 Å². The number of aryl methyl sites for hydroxylation is 1. The van der Waals surface area contributed by atoms with Crippen LogP contribution in [0.1, 0.15) is 32.4 Å². The quantitative estimate of drug-likeness (QED) is 0.739. The highest BCUT2D eigenvalue weighted by Crippen LogP contribution is 2.33. The molecule has 0 aromatic carbocycles. The molecule has 1 aromatic heterocycles. The fourth-order valence-corrected chi connectivity index (χ4v) is 5.33. The fraction of sp³-hybridized carbons (Fsp3) is 0.722. The molecule has 0 N–H and O–H groups in total. The lowest BCUT2D eigenvalue weighted by atomic mass is 9.90. The first-order valence-corrected chi connectivity index (χ1v) is 10.7. The lowest BCUT2D eigenvalue weighted by molar-refractivity contribution is -0.127. The first-order valence-electron chi connectivity index (χ1n) is 9.22. The normalized spacial score (nSPS) is 21.8. The molecule has 0 bridgehead atoms. The summed E-state index contributed by atoms with van der Waals surface area (Å²) in [5, 5.41) is 4.08. The number of nitrogens with zero attached hydrogens (tertiary/aromatic N) is 4. The molecule has 2 fully saturated rings. The van der Waals surface area contributed by atoms with Gasteiger partial charge in [-0.15, -0.1) is 0 Å². The molecule has 0 radical (unpaired) electrons. The number of rotatable bonds is 4. The average Bonchev–Trinajstić information content (AvgIpc) is 2.93. The van der Waals surface area contributed by atoms with Crippen LogP contribution in [-0.2, 0) is 21.8 Å². The smallest absolute Gasteiger partial charge is 0.246 e. The third-order valence-corrected chi connectivity index (χ3v) is 7.53. The number of ether oxygens (including phenoxy) is 1. The van der Waals surface area contributed by atoms with Gasteiger partial charge in [0.2, 0.25) is 10.0 Å². The summed E-state index contributed by atoms with van der Waals surface area (Å²) in [6, 6.07) is 0. The number of aromatic nitrogens is 2. The molecule has 0 saturated carbocycles. The molecule has 2 aliphatic heterocycles. The van der Waals surface area contributed by atoms with Crippen molar-refractivity contribution in [3.8, 4) is 0 Å². The summed E-state index contributed by atoms with van der Waals surface area (Å²) in [4.78, 5) is 2.72. The molecule has 8 heteroatoms. The second-order valence-corrected chi connectivity index (χ2v) is 9.58. The van der Waals surface area contributed by atoms with E-state index >= 15 is 0 Å². The molecule has 0 amide bonds. The van der Waals surface area contributed by atoms with Gasteiger partial charge < -0.3 is 4.74 Å². The summed E-state index contributed by atoms with van der Waals surface area (Å²) in [6.45, 7) is 10.4. The minimum absolute atomic E-state index is 0.219. The molecule has 146 valence electrons. The van der Waals surface area contributed by atoms with Crippen molar-refractivity contribution in [2.45, 2.75) is 44.1 Å². The molecule has 0 atom stereocenters. The van der Waals surface area contributed by atoms with Gasteiger partial charge in [0.05, 0.1) is 24.1 Å². The van der Waals surface area contributed by atoms with E-state index in [0.717, 1.165) is 32.5 Å². The molecule has 3 heterocycles. The summed E-state index contributed by atoms with van der Waals surface area (Å²) in [7, 11) is -1.73. The van der Waals surface area contributed by atoms with E-state index in [2.05, 4.69) is 29.9 Å². The first kappa shape index (κ1) is 19.5. The third kappa shape index (κ3) is 3.88. The van der Waals surface area contributed by atoms with Crippen molar-refractivity contribution in [1.82, 2.24) is 19.0 Å². The Bertz CT molecular complexity index is 772. The van der Waals surface area contributed by atoms with Gasteiger partial charge in [-0.3, -0.25) is 9.58 Å². The van der Waals surface area contributed by atoms with Gasteiger partial charge in [-0.1, -0.05) is 11.6 Å². The van der Waals surface area contributed by atoms with Crippen LogP contribution in [0.4, 0.5) is 0 Å². The van der Waals surface area contributed by atoms with E-state index < -0.39 is 10.0 Å². The maximum absolute atomic E-state index is 12.9. The van der Waals surface area contributed by atoms with Gasteiger partial charge in [-0.05, 0) is 33.6 Å². The predicted molar refractivity (Wildman–Crippen MR) is 100 cm³/mol. The SMILES string of the molecule is CC(C)=CCN1CCOC2(CCN(S(=O)(=O)c3cnn(C)c3C)CC2)C1. The van der Waals surface area contributed by atoms with Gasteiger partial charge in [0.1, 0.15) is 4.90 Å². The van der Waals surface area contributed by atoms with Crippen molar-refractivity contribution in [1.29, 1.82) is 0 Å². The van der Waals surface area contributed by atoms with E-state index in [1.54, 1.807) is 23.0 Å². The lowest BCUT2D eigenvalue weighted by Gasteiger charge is -2.46. The van der Waals surface area contributed by atoms with Gasteiger partial charge in [-0.2, -0.15) is 9.40 Å².